The van der Waals surface area contributed by atoms with Gasteiger partial charge < -0.3 is 10.2 Å². The average Bonchev–Trinajstić information content (AvgIpc) is 2.93. The number of nitrogens with zero attached hydrogens (tertiary/aromatic N) is 3. The van der Waals surface area contributed by atoms with Crippen LogP contribution in [0.15, 0.2) is 22.9 Å². The van der Waals surface area contributed by atoms with E-state index in [4.69, 9.17) is 0 Å². The second-order valence-electron chi connectivity index (χ2n) is 4.41. The highest BCUT2D eigenvalue weighted by Crippen LogP contribution is 2.23. The first-order valence-corrected chi connectivity index (χ1v) is 7.11. The van der Waals surface area contributed by atoms with Gasteiger partial charge in [0.1, 0.15) is 11.6 Å². The van der Waals surface area contributed by atoms with Crippen molar-refractivity contribution < 1.29 is 0 Å². The van der Waals surface area contributed by atoms with Gasteiger partial charge in [0.2, 0.25) is 0 Å². The van der Waals surface area contributed by atoms with E-state index in [9.17, 15) is 0 Å². The molecule has 94 valence electrons. The summed E-state index contributed by atoms with van der Waals surface area (Å²) in [5.41, 5.74) is 2.21. The number of hydrogen-bond acceptors (Lipinski definition) is 5. The van der Waals surface area contributed by atoms with Crippen LogP contribution in [0.1, 0.15) is 5.82 Å². The highest BCUT2D eigenvalue weighted by atomic mass is 32.1. The lowest BCUT2D eigenvalue weighted by atomic mass is 10.2. The molecule has 0 spiro atoms. The van der Waals surface area contributed by atoms with Crippen molar-refractivity contribution in [2.45, 2.75) is 6.92 Å². The largest absolute Gasteiger partial charge is 0.354 e. The first kappa shape index (κ1) is 11.6. The molecule has 0 radical (unpaired) electrons. The maximum atomic E-state index is 4.56. The second kappa shape index (κ2) is 5.04. The number of aryl methyl sites for hydroxylation is 1. The molecule has 0 amide bonds. The molecule has 1 aliphatic heterocycles. The summed E-state index contributed by atoms with van der Waals surface area (Å²) in [6, 6.07) is 4.20. The monoisotopic (exact) mass is 260 g/mol. The van der Waals surface area contributed by atoms with Gasteiger partial charge in [-0.25, -0.2) is 9.97 Å². The summed E-state index contributed by atoms with van der Waals surface area (Å²) >= 11 is 1.70. The van der Waals surface area contributed by atoms with Gasteiger partial charge in [0.25, 0.3) is 0 Å². The van der Waals surface area contributed by atoms with Crippen LogP contribution in [-0.4, -0.2) is 36.1 Å². The number of hydrogen-bond donors (Lipinski definition) is 1. The summed E-state index contributed by atoms with van der Waals surface area (Å²) in [4.78, 5) is 11.4. The predicted molar refractivity (Wildman–Crippen MR) is 75.2 cm³/mol. The van der Waals surface area contributed by atoms with E-state index in [0.717, 1.165) is 43.5 Å². The standard InChI is InChI=1S/C13H16N4S/c1-10-15-12(11-2-7-18-9-11)8-13(16-10)17-5-3-14-4-6-17/h2,7-9,14H,3-6H2,1H3. The Bertz CT molecular complexity index is 518. The van der Waals surface area contributed by atoms with Gasteiger partial charge in [0.15, 0.2) is 0 Å². The van der Waals surface area contributed by atoms with Gasteiger partial charge in [-0.05, 0) is 18.4 Å². The van der Waals surface area contributed by atoms with Gasteiger partial charge >= 0.3 is 0 Å². The van der Waals surface area contributed by atoms with E-state index >= 15 is 0 Å². The van der Waals surface area contributed by atoms with Crippen molar-refractivity contribution in [1.29, 1.82) is 0 Å². The Morgan fingerprint density at radius 3 is 2.83 bits per heavy atom. The summed E-state index contributed by atoms with van der Waals surface area (Å²) in [6.07, 6.45) is 0. The minimum Gasteiger partial charge on any atom is -0.354 e. The van der Waals surface area contributed by atoms with Crippen LogP contribution in [0, 0.1) is 6.92 Å². The van der Waals surface area contributed by atoms with Crippen LogP contribution < -0.4 is 10.2 Å². The molecule has 0 saturated carbocycles. The Labute approximate surface area is 111 Å². The number of rotatable bonds is 2. The molecule has 1 aliphatic rings. The Hall–Kier alpha value is -1.46. The molecule has 5 heteroatoms. The molecular weight excluding hydrogens is 244 g/mol. The van der Waals surface area contributed by atoms with Gasteiger partial charge in [0, 0.05) is 43.2 Å². The lowest BCUT2D eigenvalue weighted by molar-refractivity contribution is 0.584. The van der Waals surface area contributed by atoms with Crippen molar-refractivity contribution >= 4 is 17.2 Å². The molecule has 2 aromatic heterocycles. The molecule has 0 unspecified atom stereocenters. The van der Waals surface area contributed by atoms with Gasteiger partial charge in [-0.15, -0.1) is 0 Å². The molecule has 0 atom stereocenters. The maximum Gasteiger partial charge on any atom is 0.132 e. The van der Waals surface area contributed by atoms with Crippen molar-refractivity contribution in [2.24, 2.45) is 0 Å². The van der Waals surface area contributed by atoms with E-state index in [1.165, 1.54) is 5.56 Å². The number of anilines is 1. The summed E-state index contributed by atoms with van der Waals surface area (Å²) in [5.74, 6) is 1.89. The fourth-order valence-electron chi connectivity index (χ4n) is 2.17. The fraction of sp³-hybridized carbons (Fsp3) is 0.385. The molecule has 18 heavy (non-hydrogen) atoms. The SMILES string of the molecule is Cc1nc(-c2ccsc2)cc(N2CCNCC2)n1. The van der Waals surface area contributed by atoms with E-state index in [0.29, 0.717) is 0 Å². The molecule has 1 N–H and O–H groups in total. The van der Waals surface area contributed by atoms with Crippen LogP contribution in [0.4, 0.5) is 5.82 Å². The van der Waals surface area contributed by atoms with Crippen LogP contribution >= 0.6 is 11.3 Å². The molecule has 3 heterocycles. The lowest BCUT2D eigenvalue weighted by Crippen LogP contribution is -2.44. The van der Waals surface area contributed by atoms with Gasteiger partial charge in [-0.2, -0.15) is 11.3 Å². The van der Waals surface area contributed by atoms with Gasteiger partial charge in [0.05, 0.1) is 5.69 Å². The Balaban J connectivity index is 1.95. The minimum atomic E-state index is 0.840. The lowest BCUT2D eigenvalue weighted by Gasteiger charge is -2.28. The molecule has 1 saturated heterocycles. The first-order chi connectivity index (χ1) is 8.83. The van der Waals surface area contributed by atoms with E-state index < -0.39 is 0 Å². The third-order valence-corrected chi connectivity index (χ3v) is 3.77. The van der Waals surface area contributed by atoms with E-state index in [-0.39, 0.29) is 0 Å². The van der Waals surface area contributed by atoms with Gasteiger partial charge in [-0.3, -0.25) is 0 Å². The zero-order chi connectivity index (χ0) is 12.4. The van der Waals surface area contributed by atoms with E-state index in [1.54, 1.807) is 11.3 Å². The smallest absolute Gasteiger partial charge is 0.132 e. The normalized spacial score (nSPS) is 15.9. The third-order valence-electron chi connectivity index (χ3n) is 3.08. The molecular formula is C13H16N4S. The van der Waals surface area contributed by atoms with Crippen molar-refractivity contribution in [3.05, 3.63) is 28.7 Å². The number of nitrogens with one attached hydrogen (secondary N) is 1. The van der Waals surface area contributed by atoms with Crippen LogP contribution in [0.25, 0.3) is 11.3 Å². The highest BCUT2D eigenvalue weighted by molar-refractivity contribution is 7.08. The highest BCUT2D eigenvalue weighted by Gasteiger charge is 2.14. The summed E-state index contributed by atoms with van der Waals surface area (Å²) < 4.78 is 0. The van der Waals surface area contributed by atoms with Crippen molar-refractivity contribution in [3.63, 3.8) is 0 Å². The predicted octanol–water partition coefficient (Wildman–Crippen LogP) is 1.92. The topological polar surface area (TPSA) is 41.1 Å². The van der Waals surface area contributed by atoms with Crippen LogP contribution in [0.3, 0.4) is 0 Å². The Kier molecular flexibility index (Phi) is 3.25. The summed E-state index contributed by atoms with van der Waals surface area (Å²) in [6.45, 7) is 6.04. The number of aromatic nitrogens is 2. The van der Waals surface area contributed by atoms with E-state index in [2.05, 4.69) is 43.1 Å². The Morgan fingerprint density at radius 2 is 2.11 bits per heavy atom. The average molecular weight is 260 g/mol. The fourth-order valence-corrected chi connectivity index (χ4v) is 2.82. The van der Waals surface area contributed by atoms with Crippen LogP contribution in [0.2, 0.25) is 0 Å². The molecule has 3 rings (SSSR count). The van der Waals surface area contributed by atoms with Crippen molar-refractivity contribution in [2.75, 3.05) is 31.1 Å². The third kappa shape index (κ3) is 2.37. The zero-order valence-corrected chi connectivity index (χ0v) is 11.2. The number of thiophene rings is 1. The molecule has 0 aliphatic carbocycles. The van der Waals surface area contributed by atoms with Gasteiger partial charge in [-0.1, -0.05) is 0 Å². The molecule has 1 fully saturated rings. The Morgan fingerprint density at radius 1 is 1.28 bits per heavy atom. The van der Waals surface area contributed by atoms with Crippen molar-refractivity contribution in [1.82, 2.24) is 15.3 Å². The molecule has 0 bridgehead atoms. The van der Waals surface area contributed by atoms with E-state index in [1.807, 2.05) is 6.92 Å². The zero-order valence-electron chi connectivity index (χ0n) is 10.4. The summed E-state index contributed by atoms with van der Waals surface area (Å²) in [7, 11) is 0. The number of piperazine rings is 1. The molecule has 0 aromatic carbocycles. The molecule has 4 nitrogen and oxygen atoms in total. The van der Waals surface area contributed by atoms with Crippen LogP contribution in [-0.2, 0) is 0 Å². The minimum absolute atomic E-state index is 0.840. The second-order valence-corrected chi connectivity index (χ2v) is 5.19. The van der Waals surface area contributed by atoms with Crippen molar-refractivity contribution in [3.8, 4) is 11.3 Å². The quantitative estimate of drug-likeness (QED) is 0.895. The molecule has 2 aromatic rings. The van der Waals surface area contributed by atoms with Crippen LogP contribution in [0.5, 0.6) is 0 Å². The first-order valence-electron chi connectivity index (χ1n) is 6.17. The maximum absolute atomic E-state index is 4.56. The summed E-state index contributed by atoms with van der Waals surface area (Å²) in [5, 5.41) is 7.57.